The fourth-order valence-electron chi connectivity index (χ4n) is 8.46. The molecule has 0 amide bonds. The molecule has 5 aromatic carbocycles. The number of benzene rings is 5. The first-order valence-electron chi connectivity index (χ1n) is 16.5. The number of carbonyl (C=O) groups is 3. The van der Waals surface area contributed by atoms with Crippen molar-refractivity contribution < 1.29 is 23.9 Å². The van der Waals surface area contributed by atoms with Gasteiger partial charge in [0.1, 0.15) is 11.5 Å². The summed E-state index contributed by atoms with van der Waals surface area (Å²) in [6, 6.07) is 42.5. The van der Waals surface area contributed by atoms with Crippen molar-refractivity contribution in [1.29, 1.82) is 0 Å². The van der Waals surface area contributed by atoms with Crippen molar-refractivity contribution in [3.8, 4) is 5.75 Å². The van der Waals surface area contributed by atoms with Crippen LogP contribution >= 0.6 is 0 Å². The van der Waals surface area contributed by atoms with Crippen molar-refractivity contribution in [3.63, 3.8) is 0 Å². The lowest BCUT2D eigenvalue weighted by atomic mass is 9.68. The Labute approximate surface area is 279 Å². The number of methoxy groups -OCH3 is 1. The molecule has 0 radical (unpaired) electrons. The summed E-state index contributed by atoms with van der Waals surface area (Å²) in [5.41, 5.74) is 6.13. The average Bonchev–Trinajstić information content (AvgIpc) is 3.64. The van der Waals surface area contributed by atoms with Crippen LogP contribution in [0.1, 0.15) is 78.6 Å². The molecule has 2 aliphatic carbocycles. The summed E-state index contributed by atoms with van der Waals surface area (Å²) >= 11 is 0. The molecule has 5 heteroatoms. The number of ketones is 2. The van der Waals surface area contributed by atoms with E-state index in [9.17, 15) is 14.4 Å². The normalized spacial score (nSPS) is 23.7. The van der Waals surface area contributed by atoms with Gasteiger partial charge < -0.3 is 9.47 Å². The van der Waals surface area contributed by atoms with E-state index in [1.54, 1.807) is 7.11 Å². The number of cyclic esters (lactones) is 1. The highest BCUT2D eigenvalue weighted by molar-refractivity contribution is 6.02. The van der Waals surface area contributed by atoms with Gasteiger partial charge in [0.2, 0.25) is 0 Å². The van der Waals surface area contributed by atoms with E-state index in [-0.39, 0.29) is 47.6 Å². The Morgan fingerprint density at radius 1 is 0.646 bits per heavy atom. The van der Waals surface area contributed by atoms with Gasteiger partial charge in [0.05, 0.1) is 13.0 Å². The van der Waals surface area contributed by atoms with E-state index in [0.29, 0.717) is 22.6 Å². The second-order valence-corrected chi connectivity index (χ2v) is 12.9. The Hall–Kier alpha value is -5.55. The molecule has 0 N–H and O–H groups in total. The topological polar surface area (TPSA) is 69.7 Å². The fourth-order valence-corrected chi connectivity index (χ4v) is 8.46. The summed E-state index contributed by atoms with van der Waals surface area (Å²) in [6.45, 7) is 0. The molecule has 48 heavy (non-hydrogen) atoms. The third-order valence-corrected chi connectivity index (χ3v) is 10.5. The first-order chi connectivity index (χ1) is 23.5. The van der Waals surface area contributed by atoms with Crippen molar-refractivity contribution in [2.75, 3.05) is 7.11 Å². The number of esters is 1. The van der Waals surface area contributed by atoms with Crippen LogP contribution in [0.25, 0.3) is 5.76 Å². The lowest BCUT2D eigenvalue weighted by Crippen LogP contribution is -2.34. The second-order valence-electron chi connectivity index (χ2n) is 12.9. The molecular formula is C43H34O5. The first-order valence-corrected chi connectivity index (χ1v) is 16.5. The minimum atomic E-state index is -0.564. The highest BCUT2D eigenvalue weighted by Crippen LogP contribution is 2.63. The molecule has 0 spiro atoms. The smallest absolute Gasteiger partial charge is 0.315 e. The highest BCUT2D eigenvalue weighted by Gasteiger charge is 2.57. The molecule has 5 nitrogen and oxygen atoms in total. The fraction of sp³-hybridized carbons (Fsp3) is 0.186. The number of ether oxygens (including phenoxy) is 2. The quantitative estimate of drug-likeness (QED) is 0.127. The SMILES string of the molecule is COc1cccc(C2=C[C@@H]3c4ccccc4[C@@H](C4c5ccccc5[C@@H](CC(=O)c5ccccc5)[C@@H]4C(=O)c4ccccc4)[C@@H]3C(=O)O2)c1. The lowest BCUT2D eigenvalue weighted by molar-refractivity contribution is -0.143. The number of hydrogen-bond acceptors (Lipinski definition) is 5. The summed E-state index contributed by atoms with van der Waals surface area (Å²) in [7, 11) is 1.61. The van der Waals surface area contributed by atoms with Crippen LogP contribution in [-0.2, 0) is 9.53 Å². The maximum atomic E-state index is 14.8. The molecule has 8 rings (SSSR count). The van der Waals surface area contributed by atoms with Gasteiger partial charge in [-0.1, -0.05) is 121 Å². The highest BCUT2D eigenvalue weighted by atomic mass is 16.5. The molecule has 1 aliphatic heterocycles. The first kappa shape index (κ1) is 29.8. The lowest BCUT2D eigenvalue weighted by Gasteiger charge is -2.34. The predicted molar refractivity (Wildman–Crippen MR) is 184 cm³/mol. The Balaban J connectivity index is 1.27. The van der Waals surface area contributed by atoms with Crippen LogP contribution in [0, 0.1) is 11.8 Å². The third kappa shape index (κ3) is 4.98. The van der Waals surface area contributed by atoms with Crippen LogP contribution in [0.5, 0.6) is 5.75 Å². The number of Topliss-reactive ketones (excluding diaryl/α,β-unsaturated/α-hetero) is 2. The van der Waals surface area contributed by atoms with Crippen molar-refractivity contribution in [2.24, 2.45) is 11.8 Å². The average molecular weight is 631 g/mol. The van der Waals surface area contributed by atoms with E-state index < -0.39 is 11.8 Å². The van der Waals surface area contributed by atoms with E-state index in [4.69, 9.17) is 9.47 Å². The van der Waals surface area contributed by atoms with Crippen molar-refractivity contribution in [2.45, 2.75) is 30.1 Å². The van der Waals surface area contributed by atoms with Gasteiger partial charge in [-0.15, -0.1) is 0 Å². The zero-order valence-corrected chi connectivity index (χ0v) is 26.5. The minimum Gasteiger partial charge on any atom is -0.497 e. The maximum Gasteiger partial charge on any atom is 0.315 e. The molecule has 1 heterocycles. The monoisotopic (exact) mass is 630 g/mol. The van der Waals surface area contributed by atoms with Crippen molar-refractivity contribution in [3.05, 3.63) is 178 Å². The van der Waals surface area contributed by atoms with Gasteiger partial charge in [0.15, 0.2) is 11.6 Å². The van der Waals surface area contributed by atoms with Crippen LogP contribution in [0.15, 0.2) is 140 Å². The van der Waals surface area contributed by atoms with Crippen LogP contribution < -0.4 is 4.74 Å². The maximum absolute atomic E-state index is 14.8. The molecule has 0 aromatic heterocycles. The van der Waals surface area contributed by atoms with Gasteiger partial charge in [-0.25, -0.2) is 0 Å². The van der Waals surface area contributed by atoms with Gasteiger partial charge in [-0.3, -0.25) is 14.4 Å². The Bertz CT molecular complexity index is 2060. The molecule has 3 aliphatic rings. The number of carbonyl (C=O) groups excluding carboxylic acids is 3. The molecule has 5 aromatic rings. The summed E-state index contributed by atoms with van der Waals surface area (Å²) in [5.74, 6) is -1.53. The predicted octanol–water partition coefficient (Wildman–Crippen LogP) is 8.74. The second kappa shape index (κ2) is 12.2. The Kier molecular flexibility index (Phi) is 7.60. The van der Waals surface area contributed by atoms with Crippen LogP contribution in [-0.4, -0.2) is 24.6 Å². The Morgan fingerprint density at radius 2 is 1.25 bits per heavy atom. The molecule has 6 atom stereocenters. The van der Waals surface area contributed by atoms with Crippen LogP contribution in [0.2, 0.25) is 0 Å². The largest absolute Gasteiger partial charge is 0.497 e. The van der Waals surface area contributed by atoms with Gasteiger partial charge in [-0.2, -0.15) is 0 Å². The molecule has 0 bridgehead atoms. The zero-order valence-electron chi connectivity index (χ0n) is 26.5. The summed E-state index contributed by atoms with van der Waals surface area (Å²) < 4.78 is 11.6. The third-order valence-electron chi connectivity index (χ3n) is 10.5. The van der Waals surface area contributed by atoms with Crippen molar-refractivity contribution >= 4 is 23.3 Å². The number of hydrogen-bond donors (Lipinski definition) is 0. The Morgan fingerprint density at radius 3 is 1.94 bits per heavy atom. The molecular weight excluding hydrogens is 596 g/mol. The molecule has 0 saturated carbocycles. The standard InChI is InChI=1S/C43H34O5/c1-47-29-18-12-17-28(23-29)37-25-35-31-20-9-11-22-33(31)39(41(35)43(46)48-37)38-32-21-10-8-19-30(32)34(24-36(44)26-13-4-2-5-14-26)40(38)42(45)27-15-6-3-7-16-27/h2-23,25,34-35,38-41H,24H2,1H3/t34-,35-,38?,39+,40+,41-/m1/s1. The summed E-state index contributed by atoms with van der Waals surface area (Å²) in [6.07, 6.45) is 2.25. The van der Waals surface area contributed by atoms with Crippen LogP contribution in [0.3, 0.4) is 0 Å². The zero-order chi connectivity index (χ0) is 32.8. The number of rotatable bonds is 8. The molecule has 0 fully saturated rings. The van der Waals surface area contributed by atoms with E-state index in [1.165, 1.54) is 0 Å². The van der Waals surface area contributed by atoms with Gasteiger partial charge >= 0.3 is 5.97 Å². The van der Waals surface area contributed by atoms with E-state index in [2.05, 4.69) is 30.3 Å². The molecule has 0 saturated heterocycles. The molecule has 1 unspecified atom stereocenters. The van der Waals surface area contributed by atoms with Crippen molar-refractivity contribution in [1.82, 2.24) is 0 Å². The van der Waals surface area contributed by atoms with Gasteiger partial charge in [0.25, 0.3) is 0 Å². The van der Waals surface area contributed by atoms with Gasteiger partial charge in [0, 0.05) is 52.7 Å². The molecule has 236 valence electrons. The van der Waals surface area contributed by atoms with E-state index in [1.807, 2.05) is 109 Å². The summed E-state index contributed by atoms with van der Waals surface area (Å²) in [4.78, 5) is 43.0. The van der Waals surface area contributed by atoms with E-state index in [0.717, 1.165) is 27.8 Å². The summed E-state index contributed by atoms with van der Waals surface area (Å²) in [5, 5.41) is 0. The van der Waals surface area contributed by atoms with Gasteiger partial charge in [-0.05, 0) is 40.5 Å². The minimum absolute atomic E-state index is 0.00504. The van der Waals surface area contributed by atoms with Crippen LogP contribution in [0.4, 0.5) is 0 Å². The number of allylic oxidation sites excluding steroid dienone is 1. The number of fused-ring (bicyclic) bond motifs is 4. The van der Waals surface area contributed by atoms with E-state index >= 15 is 0 Å².